The summed E-state index contributed by atoms with van der Waals surface area (Å²) < 4.78 is 0. The van der Waals surface area contributed by atoms with Gasteiger partial charge in [-0.25, -0.2) is 0 Å². The highest BCUT2D eigenvalue weighted by Crippen LogP contribution is 2.32. The summed E-state index contributed by atoms with van der Waals surface area (Å²) in [6.45, 7) is 1.61. The van der Waals surface area contributed by atoms with Gasteiger partial charge in [-0.05, 0) is 36.1 Å². The van der Waals surface area contributed by atoms with Crippen molar-refractivity contribution in [3.05, 3.63) is 63.7 Å². The van der Waals surface area contributed by atoms with Crippen molar-refractivity contribution in [1.82, 2.24) is 0 Å². The number of anilines is 2. The first-order valence-corrected chi connectivity index (χ1v) is 7.01. The lowest BCUT2D eigenvalue weighted by Crippen LogP contribution is -2.29. The minimum Gasteiger partial charge on any atom is -0.398 e. The first-order chi connectivity index (χ1) is 10.1. The van der Waals surface area contributed by atoms with E-state index in [-0.39, 0.29) is 23.0 Å². The summed E-state index contributed by atoms with van der Waals surface area (Å²) in [6, 6.07) is 12.8. The van der Waals surface area contributed by atoms with Gasteiger partial charge in [-0.2, -0.15) is 0 Å². The SMILES string of the molecule is Cl.Nc1cccc2c1CCCN2Cc1cccc([N+](=O)[O-])c1. The van der Waals surface area contributed by atoms with Crippen LogP contribution in [0.1, 0.15) is 17.5 Å². The Hall–Kier alpha value is -2.27. The molecule has 0 spiro atoms. The van der Waals surface area contributed by atoms with Gasteiger partial charge in [0.15, 0.2) is 0 Å². The van der Waals surface area contributed by atoms with E-state index < -0.39 is 0 Å². The maximum atomic E-state index is 10.9. The van der Waals surface area contributed by atoms with Gasteiger partial charge < -0.3 is 10.6 Å². The Morgan fingerprint density at radius 3 is 2.77 bits per heavy atom. The smallest absolute Gasteiger partial charge is 0.269 e. The molecule has 116 valence electrons. The Labute approximate surface area is 135 Å². The van der Waals surface area contributed by atoms with Crippen molar-refractivity contribution >= 4 is 29.5 Å². The fraction of sp³-hybridized carbons (Fsp3) is 0.250. The maximum Gasteiger partial charge on any atom is 0.269 e. The van der Waals surface area contributed by atoms with Crippen LogP contribution < -0.4 is 10.6 Å². The molecule has 0 saturated heterocycles. The number of halogens is 1. The molecule has 6 heteroatoms. The van der Waals surface area contributed by atoms with E-state index in [1.807, 2.05) is 18.2 Å². The van der Waals surface area contributed by atoms with Crippen molar-refractivity contribution < 1.29 is 4.92 Å². The lowest BCUT2D eigenvalue weighted by molar-refractivity contribution is -0.384. The molecule has 3 rings (SSSR count). The molecule has 1 heterocycles. The number of hydrogen-bond acceptors (Lipinski definition) is 4. The van der Waals surface area contributed by atoms with Crippen LogP contribution in [-0.4, -0.2) is 11.5 Å². The van der Waals surface area contributed by atoms with Crippen LogP contribution in [0, 0.1) is 10.1 Å². The van der Waals surface area contributed by atoms with Gasteiger partial charge >= 0.3 is 0 Å². The van der Waals surface area contributed by atoms with Crippen LogP contribution in [-0.2, 0) is 13.0 Å². The fourth-order valence-electron chi connectivity index (χ4n) is 2.88. The van der Waals surface area contributed by atoms with Gasteiger partial charge in [-0.15, -0.1) is 12.4 Å². The minimum absolute atomic E-state index is 0. The van der Waals surface area contributed by atoms with Crippen LogP contribution in [0.5, 0.6) is 0 Å². The highest BCUT2D eigenvalue weighted by atomic mass is 35.5. The average molecular weight is 320 g/mol. The summed E-state index contributed by atoms with van der Waals surface area (Å²) in [4.78, 5) is 12.8. The third-order valence-corrected chi connectivity index (χ3v) is 3.88. The first kappa shape index (κ1) is 16.1. The Bertz CT molecular complexity index is 691. The summed E-state index contributed by atoms with van der Waals surface area (Å²) in [7, 11) is 0. The van der Waals surface area contributed by atoms with E-state index in [1.165, 1.54) is 11.6 Å². The van der Waals surface area contributed by atoms with E-state index >= 15 is 0 Å². The van der Waals surface area contributed by atoms with Crippen LogP contribution in [0.2, 0.25) is 0 Å². The Balaban J connectivity index is 0.00000176. The van der Waals surface area contributed by atoms with E-state index in [2.05, 4.69) is 11.0 Å². The third kappa shape index (κ3) is 3.14. The zero-order chi connectivity index (χ0) is 14.8. The highest BCUT2D eigenvalue weighted by molar-refractivity contribution is 5.85. The molecule has 0 amide bonds. The molecule has 0 saturated carbocycles. The molecule has 0 aromatic heterocycles. The molecule has 0 unspecified atom stereocenters. The number of nitrogens with two attached hydrogens (primary N) is 1. The number of fused-ring (bicyclic) bond motifs is 1. The molecule has 2 aromatic carbocycles. The number of hydrogen-bond donors (Lipinski definition) is 1. The van der Waals surface area contributed by atoms with E-state index in [1.54, 1.807) is 12.1 Å². The van der Waals surface area contributed by atoms with E-state index in [0.717, 1.165) is 36.3 Å². The minimum atomic E-state index is -0.356. The number of rotatable bonds is 3. The Kier molecular flexibility index (Phi) is 4.88. The molecule has 22 heavy (non-hydrogen) atoms. The first-order valence-electron chi connectivity index (χ1n) is 7.01. The summed E-state index contributed by atoms with van der Waals surface area (Å²) in [5.41, 5.74) is 10.3. The molecule has 1 aliphatic heterocycles. The van der Waals surface area contributed by atoms with E-state index in [9.17, 15) is 10.1 Å². The molecule has 2 N–H and O–H groups in total. The lowest BCUT2D eigenvalue weighted by Gasteiger charge is -2.32. The Morgan fingerprint density at radius 2 is 2.00 bits per heavy atom. The summed E-state index contributed by atoms with van der Waals surface area (Å²) >= 11 is 0. The zero-order valence-electron chi connectivity index (χ0n) is 12.1. The van der Waals surface area contributed by atoms with E-state index in [4.69, 9.17) is 5.73 Å². The quantitative estimate of drug-likeness (QED) is 0.533. The van der Waals surface area contributed by atoms with Crippen molar-refractivity contribution in [2.24, 2.45) is 0 Å². The van der Waals surface area contributed by atoms with Crippen molar-refractivity contribution in [2.75, 3.05) is 17.2 Å². The molecule has 5 nitrogen and oxygen atoms in total. The molecule has 0 aliphatic carbocycles. The topological polar surface area (TPSA) is 72.4 Å². The third-order valence-electron chi connectivity index (χ3n) is 3.88. The van der Waals surface area contributed by atoms with Gasteiger partial charge in [-0.1, -0.05) is 18.2 Å². The van der Waals surface area contributed by atoms with Crippen molar-refractivity contribution in [3.8, 4) is 0 Å². The second kappa shape index (κ2) is 6.66. The monoisotopic (exact) mass is 319 g/mol. The van der Waals surface area contributed by atoms with E-state index in [0.29, 0.717) is 6.54 Å². The maximum absolute atomic E-state index is 10.9. The normalized spacial score (nSPS) is 13.2. The number of non-ortho nitro benzene ring substituents is 1. The van der Waals surface area contributed by atoms with Crippen molar-refractivity contribution in [2.45, 2.75) is 19.4 Å². The number of nitrogen functional groups attached to an aromatic ring is 1. The molecule has 0 atom stereocenters. The number of nitro groups is 1. The van der Waals surface area contributed by atoms with Gasteiger partial charge in [0, 0.05) is 36.6 Å². The van der Waals surface area contributed by atoms with Gasteiger partial charge in [0.25, 0.3) is 5.69 Å². The summed E-state index contributed by atoms with van der Waals surface area (Å²) in [6.07, 6.45) is 2.05. The number of nitrogens with zero attached hydrogens (tertiary/aromatic N) is 2. The summed E-state index contributed by atoms with van der Waals surface area (Å²) in [5, 5.41) is 10.9. The van der Waals surface area contributed by atoms with Crippen LogP contribution in [0.25, 0.3) is 0 Å². The average Bonchev–Trinajstić information content (AvgIpc) is 2.49. The number of nitro benzene ring substituents is 1. The predicted molar refractivity (Wildman–Crippen MR) is 90.6 cm³/mol. The zero-order valence-corrected chi connectivity index (χ0v) is 12.9. The predicted octanol–water partition coefficient (Wildman–Crippen LogP) is 3.55. The Morgan fingerprint density at radius 1 is 1.23 bits per heavy atom. The molecule has 0 fully saturated rings. The highest BCUT2D eigenvalue weighted by Gasteiger charge is 2.19. The fourth-order valence-corrected chi connectivity index (χ4v) is 2.88. The standard InChI is InChI=1S/C16H17N3O2.ClH/c17-15-7-2-8-16-14(15)6-3-9-18(16)11-12-4-1-5-13(10-12)19(20)21;/h1-2,4-5,7-8,10H,3,6,9,11,17H2;1H. The van der Waals surface area contributed by atoms with Crippen molar-refractivity contribution in [3.63, 3.8) is 0 Å². The van der Waals surface area contributed by atoms with Crippen LogP contribution >= 0.6 is 12.4 Å². The van der Waals surface area contributed by atoms with Gasteiger partial charge in [0.05, 0.1) is 4.92 Å². The van der Waals surface area contributed by atoms with Crippen LogP contribution in [0.15, 0.2) is 42.5 Å². The molecule has 0 radical (unpaired) electrons. The van der Waals surface area contributed by atoms with Gasteiger partial charge in [-0.3, -0.25) is 10.1 Å². The molecule has 2 aromatic rings. The second-order valence-electron chi connectivity index (χ2n) is 5.30. The molecular weight excluding hydrogens is 302 g/mol. The largest absolute Gasteiger partial charge is 0.398 e. The van der Waals surface area contributed by atoms with Crippen LogP contribution in [0.4, 0.5) is 17.1 Å². The number of benzene rings is 2. The second-order valence-corrected chi connectivity index (χ2v) is 5.30. The van der Waals surface area contributed by atoms with Crippen LogP contribution in [0.3, 0.4) is 0 Å². The van der Waals surface area contributed by atoms with Gasteiger partial charge in [0.2, 0.25) is 0 Å². The van der Waals surface area contributed by atoms with Gasteiger partial charge in [0.1, 0.15) is 0 Å². The molecular formula is C16H18ClN3O2. The molecule has 1 aliphatic rings. The van der Waals surface area contributed by atoms with Crippen molar-refractivity contribution in [1.29, 1.82) is 0 Å². The summed E-state index contributed by atoms with van der Waals surface area (Å²) in [5.74, 6) is 0. The lowest BCUT2D eigenvalue weighted by atomic mass is 9.99. The molecule has 0 bridgehead atoms.